The first kappa shape index (κ1) is 17.5. The summed E-state index contributed by atoms with van der Waals surface area (Å²) in [6.45, 7) is 0. The van der Waals surface area contributed by atoms with E-state index in [0.29, 0.717) is 10.6 Å². The number of nitrogens with zero attached hydrogens (tertiary/aromatic N) is 2. The van der Waals surface area contributed by atoms with Crippen molar-refractivity contribution >= 4 is 39.5 Å². The fourth-order valence-electron chi connectivity index (χ4n) is 3.52. The molecule has 0 unspecified atom stereocenters. The summed E-state index contributed by atoms with van der Waals surface area (Å²) in [5, 5.41) is 8.66. The quantitative estimate of drug-likeness (QED) is 0.524. The molecule has 0 saturated heterocycles. The minimum atomic E-state index is -0.303. The monoisotopic (exact) mass is 397 g/mol. The molecule has 0 spiro atoms. The lowest BCUT2D eigenvalue weighted by molar-refractivity contribution is -0.120. The fourth-order valence-corrected chi connectivity index (χ4v) is 4.32. The molecule has 1 aliphatic carbocycles. The van der Waals surface area contributed by atoms with Crippen molar-refractivity contribution in [3.63, 3.8) is 0 Å². The molecular formula is C23H15N3O2S. The number of Topliss-reactive ketones (excluding diaryl/α,β-unsaturated/α-hetero) is 1. The highest BCUT2D eigenvalue weighted by atomic mass is 32.1. The van der Waals surface area contributed by atoms with Crippen molar-refractivity contribution in [3.8, 4) is 11.3 Å². The van der Waals surface area contributed by atoms with E-state index in [1.165, 1.54) is 11.3 Å². The lowest BCUT2D eigenvalue weighted by atomic mass is 10.1. The zero-order valence-electron chi connectivity index (χ0n) is 15.3. The van der Waals surface area contributed by atoms with Gasteiger partial charge >= 0.3 is 0 Å². The second kappa shape index (κ2) is 7.07. The number of hydrogen-bond acceptors (Lipinski definition) is 5. The molecule has 1 heterocycles. The van der Waals surface area contributed by atoms with Gasteiger partial charge in [-0.2, -0.15) is 5.10 Å². The highest BCUT2D eigenvalue weighted by Crippen LogP contribution is 2.30. The van der Waals surface area contributed by atoms with Crippen LogP contribution in [0.5, 0.6) is 0 Å². The number of rotatable bonds is 4. The van der Waals surface area contributed by atoms with E-state index < -0.39 is 0 Å². The maximum atomic E-state index is 12.7. The van der Waals surface area contributed by atoms with Gasteiger partial charge in [-0.3, -0.25) is 9.59 Å². The van der Waals surface area contributed by atoms with Gasteiger partial charge in [-0.25, -0.2) is 10.4 Å². The van der Waals surface area contributed by atoms with Crippen molar-refractivity contribution < 1.29 is 9.59 Å². The Labute approximate surface area is 170 Å². The number of hydrogen-bond donors (Lipinski definition) is 1. The molecule has 1 N–H and O–H groups in total. The molecule has 1 aliphatic rings. The number of nitrogens with one attached hydrogen (secondary N) is 1. The van der Waals surface area contributed by atoms with Gasteiger partial charge in [-0.1, -0.05) is 66.7 Å². The lowest BCUT2D eigenvalue weighted by Gasteiger charge is -2.01. The molecule has 5 rings (SSSR count). The van der Waals surface area contributed by atoms with E-state index in [1.54, 1.807) is 6.07 Å². The van der Waals surface area contributed by atoms with Crippen molar-refractivity contribution in [2.75, 3.05) is 0 Å². The van der Waals surface area contributed by atoms with Gasteiger partial charge in [0.1, 0.15) is 10.7 Å². The average molecular weight is 397 g/mol. The third-order valence-electron chi connectivity index (χ3n) is 4.85. The third-order valence-corrected chi connectivity index (χ3v) is 5.69. The zero-order valence-corrected chi connectivity index (χ0v) is 16.1. The molecule has 1 aromatic heterocycles. The number of carbonyl (C=O) groups excluding carboxylic acids is 2. The number of thiazole rings is 1. The molecule has 3 aromatic carbocycles. The second-order valence-electron chi connectivity index (χ2n) is 6.70. The maximum Gasteiger partial charge on any atom is 0.246 e. The van der Waals surface area contributed by atoms with Gasteiger partial charge in [0.15, 0.2) is 0 Å². The van der Waals surface area contributed by atoms with Crippen molar-refractivity contribution in [1.29, 1.82) is 0 Å². The Morgan fingerprint density at radius 3 is 2.52 bits per heavy atom. The summed E-state index contributed by atoms with van der Waals surface area (Å²) in [6, 6.07) is 21.1. The molecule has 140 valence electrons. The summed E-state index contributed by atoms with van der Waals surface area (Å²) >= 11 is 1.43. The Hall–Kier alpha value is -3.64. The van der Waals surface area contributed by atoms with Crippen LogP contribution in [0.25, 0.3) is 22.0 Å². The van der Waals surface area contributed by atoms with E-state index in [1.807, 2.05) is 66.0 Å². The summed E-state index contributed by atoms with van der Waals surface area (Å²) in [5.74, 6) is -0.472. The number of benzene rings is 3. The maximum absolute atomic E-state index is 12.7. The Bertz CT molecular complexity index is 1290. The highest BCUT2D eigenvalue weighted by molar-refractivity contribution is 7.10. The van der Waals surface area contributed by atoms with E-state index >= 15 is 0 Å². The Balaban J connectivity index is 1.34. The zero-order chi connectivity index (χ0) is 19.8. The van der Waals surface area contributed by atoms with Gasteiger partial charge in [-0.15, -0.1) is 11.3 Å². The first-order valence-electron chi connectivity index (χ1n) is 9.14. The summed E-state index contributed by atoms with van der Waals surface area (Å²) in [5.41, 5.74) is 6.03. The summed E-state index contributed by atoms with van der Waals surface area (Å²) in [6.07, 6.45) is 0.111. The standard InChI is InChI=1S/C23H15N3O2S/c27-19(12-20-24-18(13-29-20)14-6-2-1-3-7-14)25-26-22-16-10-4-8-15-9-5-11-17(21(15)16)23(22)28/h1-11,13H,12H2,(H,25,27)/b26-22+. The molecule has 29 heavy (non-hydrogen) atoms. The molecule has 5 nitrogen and oxygen atoms in total. The van der Waals surface area contributed by atoms with E-state index in [9.17, 15) is 9.59 Å². The van der Waals surface area contributed by atoms with Crippen molar-refractivity contribution in [2.24, 2.45) is 5.10 Å². The number of aromatic nitrogens is 1. The van der Waals surface area contributed by atoms with Gasteiger partial charge in [-0.05, 0) is 5.39 Å². The van der Waals surface area contributed by atoms with E-state index in [-0.39, 0.29) is 23.8 Å². The van der Waals surface area contributed by atoms with Crippen LogP contribution in [-0.4, -0.2) is 22.4 Å². The third kappa shape index (κ3) is 3.13. The molecule has 0 aliphatic heterocycles. The Kier molecular flexibility index (Phi) is 4.26. The van der Waals surface area contributed by atoms with Crippen LogP contribution in [0.15, 0.2) is 77.2 Å². The van der Waals surface area contributed by atoms with Crippen LogP contribution < -0.4 is 5.43 Å². The first-order chi connectivity index (χ1) is 14.2. The van der Waals surface area contributed by atoms with Crippen LogP contribution in [0, 0.1) is 0 Å². The van der Waals surface area contributed by atoms with E-state index in [4.69, 9.17) is 0 Å². The largest absolute Gasteiger partial charge is 0.287 e. The van der Waals surface area contributed by atoms with Crippen molar-refractivity contribution in [1.82, 2.24) is 10.4 Å². The van der Waals surface area contributed by atoms with Crippen LogP contribution in [0.4, 0.5) is 0 Å². The van der Waals surface area contributed by atoms with Crippen LogP contribution in [-0.2, 0) is 11.2 Å². The van der Waals surface area contributed by atoms with Crippen LogP contribution >= 0.6 is 11.3 Å². The molecule has 0 atom stereocenters. The van der Waals surface area contributed by atoms with E-state index in [2.05, 4.69) is 15.5 Å². The highest BCUT2D eigenvalue weighted by Gasteiger charge is 2.28. The summed E-state index contributed by atoms with van der Waals surface area (Å²) in [4.78, 5) is 29.6. The lowest BCUT2D eigenvalue weighted by Crippen LogP contribution is -2.23. The normalized spacial score (nSPS) is 13.9. The molecule has 4 aromatic rings. The predicted octanol–water partition coefficient (Wildman–Crippen LogP) is 4.22. The van der Waals surface area contributed by atoms with Gasteiger partial charge in [0.2, 0.25) is 11.7 Å². The van der Waals surface area contributed by atoms with Gasteiger partial charge in [0.05, 0.1) is 12.1 Å². The molecular weight excluding hydrogens is 382 g/mol. The predicted molar refractivity (Wildman–Crippen MR) is 114 cm³/mol. The topological polar surface area (TPSA) is 71.4 Å². The molecule has 0 saturated carbocycles. The second-order valence-corrected chi connectivity index (χ2v) is 7.65. The number of ketones is 1. The smallest absolute Gasteiger partial charge is 0.246 e. The SMILES string of the molecule is O=C(Cc1nc(-c2ccccc2)cs1)N/N=C1/C(=O)c2cccc3cccc1c23. The van der Waals surface area contributed by atoms with E-state index in [0.717, 1.165) is 27.6 Å². The Morgan fingerprint density at radius 1 is 0.966 bits per heavy atom. The minimum absolute atomic E-state index is 0.111. The molecule has 1 amide bonds. The van der Waals surface area contributed by atoms with Gasteiger partial charge in [0.25, 0.3) is 0 Å². The molecule has 0 radical (unpaired) electrons. The van der Waals surface area contributed by atoms with Gasteiger partial charge in [0, 0.05) is 27.5 Å². The van der Waals surface area contributed by atoms with Crippen LogP contribution in [0.1, 0.15) is 20.9 Å². The molecule has 0 fully saturated rings. The average Bonchev–Trinajstić information content (AvgIpc) is 3.32. The van der Waals surface area contributed by atoms with Crippen LogP contribution in [0.2, 0.25) is 0 Å². The summed E-state index contributed by atoms with van der Waals surface area (Å²) in [7, 11) is 0. The first-order valence-corrected chi connectivity index (χ1v) is 10.0. The van der Waals surface area contributed by atoms with Gasteiger partial charge < -0.3 is 0 Å². The van der Waals surface area contributed by atoms with Crippen molar-refractivity contribution in [2.45, 2.75) is 6.42 Å². The Morgan fingerprint density at radius 2 is 1.72 bits per heavy atom. The number of hydrazone groups is 1. The van der Waals surface area contributed by atoms with Crippen molar-refractivity contribution in [3.05, 3.63) is 88.2 Å². The number of amides is 1. The molecule has 0 bridgehead atoms. The number of carbonyl (C=O) groups is 2. The fraction of sp³-hybridized carbons (Fsp3) is 0.0435. The summed E-state index contributed by atoms with van der Waals surface area (Å²) < 4.78 is 0. The van der Waals surface area contributed by atoms with Crippen LogP contribution in [0.3, 0.4) is 0 Å². The molecule has 6 heteroatoms. The minimum Gasteiger partial charge on any atom is -0.287 e.